The molecule has 2 heterocycles. The molecule has 4 N–H and O–H groups in total. The van der Waals surface area contributed by atoms with Gasteiger partial charge in [0, 0.05) is 43.0 Å². The van der Waals surface area contributed by atoms with Crippen molar-refractivity contribution in [2.45, 2.75) is 57.0 Å². The van der Waals surface area contributed by atoms with Gasteiger partial charge < -0.3 is 20.6 Å². The monoisotopic (exact) mass is 585 g/mol. The predicted molar refractivity (Wildman–Crippen MR) is 157 cm³/mol. The minimum Gasteiger partial charge on any atom is -0.465 e. The van der Waals surface area contributed by atoms with Crippen molar-refractivity contribution in [3.8, 4) is 10.4 Å². The molecule has 0 radical (unpaired) electrons. The molecular weight excluding hydrogens is 550 g/mol. The molecule has 1 fully saturated rings. The number of nitrogens with zero attached hydrogens (tertiary/aromatic N) is 2. The summed E-state index contributed by atoms with van der Waals surface area (Å²) in [5.41, 5.74) is 1.14. The molecule has 12 heteroatoms. The summed E-state index contributed by atoms with van der Waals surface area (Å²) >= 11 is 1.40. The van der Waals surface area contributed by atoms with Crippen LogP contribution in [0, 0.1) is 5.92 Å². The van der Waals surface area contributed by atoms with E-state index in [0.29, 0.717) is 29.2 Å². The highest BCUT2D eigenvalue weighted by Gasteiger charge is 2.31. The average Bonchev–Trinajstić information content (AvgIpc) is 3.36. The minimum absolute atomic E-state index is 0.0630. The van der Waals surface area contributed by atoms with Crippen LogP contribution in [0.15, 0.2) is 59.6 Å². The molecule has 1 aliphatic rings. The Hall–Kier alpha value is -3.48. The molecule has 1 aromatic heterocycles. The van der Waals surface area contributed by atoms with E-state index in [-0.39, 0.29) is 22.8 Å². The molecule has 1 unspecified atom stereocenters. The molecule has 1 aliphatic heterocycles. The molecule has 1 atom stereocenters. The molecule has 1 saturated heterocycles. The third kappa shape index (κ3) is 7.38. The Morgan fingerprint density at radius 3 is 2.38 bits per heavy atom. The number of carbonyl (C=O) groups excluding carboxylic acids is 1. The first-order valence-electron chi connectivity index (χ1n) is 13.0. The molecule has 0 bridgehead atoms. The third-order valence-electron chi connectivity index (χ3n) is 6.51. The SMILES string of the molecule is CC(=O)Nc1ccc(-c2cnc(N3CCC(C(NC(=O)O)c4ccccc4)CC3)s2)c(S(=O)(=O)NC(C)(C)C)c1. The van der Waals surface area contributed by atoms with E-state index in [1.54, 1.807) is 39.1 Å². The van der Waals surface area contributed by atoms with Gasteiger partial charge in [0.1, 0.15) is 0 Å². The summed E-state index contributed by atoms with van der Waals surface area (Å²) in [6.07, 6.45) is 2.18. The molecule has 0 aliphatic carbocycles. The average molecular weight is 586 g/mol. The molecule has 0 spiro atoms. The summed E-state index contributed by atoms with van der Waals surface area (Å²) in [6, 6.07) is 14.2. The number of hydrogen-bond acceptors (Lipinski definition) is 7. The first-order chi connectivity index (χ1) is 18.8. The van der Waals surface area contributed by atoms with Crippen molar-refractivity contribution in [2.75, 3.05) is 23.3 Å². The van der Waals surface area contributed by atoms with Crippen LogP contribution in [0.3, 0.4) is 0 Å². The molecule has 2 aromatic carbocycles. The molecule has 4 rings (SSSR count). The van der Waals surface area contributed by atoms with Gasteiger partial charge >= 0.3 is 6.09 Å². The van der Waals surface area contributed by atoms with Gasteiger partial charge in [-0.2, -0.15) is 0 Å². The summed E-state index contributed by atoms with van der Waals surface area (Å²) in [5, 5.41) is 15.5. The number of anilines is 2. The van der Waals surface area contributed by atoms with Crippen molar-refractivity contribution < 1.29 is 23.1 Å². The van der Waals surface area contributed by atoms with Crippen molar-refractivity contribution in [3.05, 3.63) is 60.3 Å². The van der Waals surface area contributed by atoms with Gasteiger partial charge in [0.25, 0.3) is 0 Å². The fourth-order valence-electron chi connectivity index (χ4n) is 4.91. The van der Waals surface area contributed by atoms with Crippen molar-refractivity contribution in [1.29, 1.82) is 0 Å². The molecule has 40 heavy (non-hydrogen) atoms. The Balaban J connectivity index is 1.56. The number of nitrogens with one attached hydrogen (secondary N) is 3. The Labute approximate surface area is 238 Å². The van der Waals surface area contributed by atoms with Crippen LogP contribution in [0.5, 0.6) is 0 Å². The molecule has 3 aromatic rings. The quantitative estimate of drug-likeness (QED) is 0.289. The van der Waals surface area contributed by atoms with Gasteiger partial charge in [0.2, 0.25) is 15.9 Å². The van der Waals surface area contributed by atoms with Crippen LogP contribution in [-0.4, -0.2) is 49.1 Å². The van der Waals surface area contributed by atoms with Gasteiger partial charge in [-0.1, -0.05) is 47.7 Å². The maximum absolute atomic E-state index is 13.4. The minimum atomic E-state index is -3.91. The first kappa shape index (κ1) is 29.5. The number of hydrogen-bond donors (Lipinski definition) is 4. The number of amides is 2. The van der Waals surface area contributed by atoms with Crippen molar-refractivity contribution in [3.63, 3.8) is 0 Å². The first-order valence-corrected chi connectivity index (χ1v) is 15.3. The van der Waals surface area contributed by atoms with E-state index in [2.05, 4.69) is 25.2 Å². The largest absolute Gasteiger partial charge is 0.465 e. The van der Waals surface area contributed by atoms with E-state index in [1.165, 1.54) is 24.3 Å². The predicted octanol–water partition coefficient (Wildman–Crippen LogP) is 5.07. The van der Waals surface area contributed by atoms with Crippen LogP contribution in [0.25, 0.3) is 10.4 Å². The second-order valence-electron chi connectivity index (χ2n) is 10.9. The summed E-state index contributed by atoms with van der Waals surface area (Å²) in [6.45, 7) is 8.06. The smallest absolute Gasteiger partial charge is 0.405 e. The van der Waals surface area contributed by atoms with E-state index in [4.69, 9.17) is 0 Å². The fraction of sp³-hybridized carbons (Fsp3) is 0.393. The lowest BCUT2D eigenvalue weighted by molar-refractivity contribution is -0.114. The lowest BCUT2D eigenvalue weighted by Crippen LogP contribution is -2.40. The Morgan fingerprint density at radius 2 is 1.77 bits per heavy atom. The van der Waals surface area contributed by atoms with Crippen molar-refractivity contribution >= 4 is 44.2 Å². The van der Waals surface area contributed by atoms with Crippen molar-refractivity contribution in [1.82, 2.24) is 15.0 Å². The third-order valence-corrected chi connectivity index (χ3v) is 9.40. The number of aromatic nitrogens is 1. The van der Waals surface area contributed by atoms with Gasteiger partial charge in [-0.3, -0.25) is 4.79 Å². The van der Waals surface area contributed by atoms with Crippen LogP contribution in [0.1, 0.15) is 52.1 Å². The fourth-order valence-corrected chi connectivity index (χ4v) is 7.65. The second-order valence-corrected chi connectivity index (χ2v) is 13.6. The number of piperidine rings is 1. The van der Waals surface area contributed by atoms with Gasteiger partial charge in [-0.05, 0) is 57.2 Å². The number of rotatable bonds is 8. The maximum atomic E-state index is 13.4. The number of sulfonamides is 1. The summed E-state index contributed by atoms with van der Waals surface area (Å²) in [7, 11) is -3.91. The van der Waals surface area contributed by atoms with Crippen molar-refractivity contribution in [2.24, 2.45) is 5.92 Å². The second kappa shape index (κ2) is 11.9. The highest BCUT2D eigenvalue weighted by Crippen LogP contribution is 2.39. The van der Waals surface area contributed by atoms with E-state index < -0.39 is 21.7 Å². The van der Waals surface area contributed by atoms with Crippen LogP contribution < -0.4 is 20.3 Å². The number of thiazole rings is 1. The van der Waals surface area contributed by atoms with E-state index in [0.717, 1.165) is 23.5 Å². The molecule has 214 valence electrons. The zero-order chi connectivity index (χ0) is 29.1. The zero-order valence-corrected chi connectivity index (χ0v) is 24.6. The topological polar surface area (TPSA) is 141 Å². The normalized spacial score (nSPS) is 15.4. The van der Waals surface area contributed by atoms with Crippen LogP contribution in [-0.2, 0) is 14.8 Å². The van der Waals surface area contributed by atoms with E-state index in [1.807, 2.05) is 30.3 Å². The van der Waals surface area contributed by atoms with Gasteiger partial charge in [0.05, 0.1) is 15.8 Å². The highest BCUT2D eigenvalue weighted by molar-refractivity contribution is 7.89. The zero-order valence-electron chi connectivity index (χ0n) is 23.0. The van der Waals surface area contributed by atoms with Gasteiger partial charge in [-0.25, -0.2) is 22.9 Å². The molecule has 0 saturated carbocycles. The number of carbonyl (C=O) groups is 2. The van der Waals surface area contributed by atoms with Gasteiger partial charge in [0.15, 0.2) is 5.13 Å². The number of benzene rings is 2. The van der Waals surface area contributed by atoms with Crippen LogP contribution in [0.2, 0.25) is 0 Å². The Morgan fingerprint density at radius 1 is 1.10 bits per heavy atom. The Bertz CT molecular complexity index is 1460. The van der Waals surface area contributed by atoms with E-state index in [9.17, 15) is 23.1 Å². The van der Waals surface area contributed by atoms with Gasteiger partial charge in [-0.15, -0.1) is 0 Å². The van der Waals surface area contributed by atoms with E-state index >= 15 is 0 Å². The van der Waals surface area contributed by atoms with Crippen LogP contribution >= 0.6 is 11.3 Å². The van der Waals surface area contributed by atoms with Crippen LogP contribution in [0.4, 0.5) is 15.6 Å². The summed E-state index contributed by atoms with van der Waals surface area (Å²) in [5.74, 6) is -0.160. The molecular formula is C28H35N5O5S2. The Kier molecular flexibility index (Phi) is 8.81. The maximum Gasteiger partial charge on any atom is 0.405 e. The molecule has 10 nitrogen and oxygen atoms in total. The number of carboxylic acid groups (broad SMARTS) is 1. The molecule has 2 amide bonds. The highest BCUT2D eigenvalue weighted by atomic mass is 32.2. The lowest BCUT2D eigenvalue weighted by Gasteiger charge is -2.36. The standard InChI is InChI=1S/C28H35N5O5S2/c1-18(34)30-21-10-11-22(24(16-21)40(37,38)32-28(2,3)4)23-17-29-26(39-23)33-14-12-20(13-15-33)25(31-27(35)36)19-8-6-5-7-9-19/h5-11,16-17,20,25,31-32H,12-15H2,1-4H3,(H,30,34)(H,35,36). The summed E-state index contributed by atoms with van der Waals surface area (Å²) in [4.78, 5) is 30.6. The lowest BCUT2D eigenvalue weighted by atomic mass is 9.85. The summed E-state index contributed by atoms with van der Waals surface area (Å²) < 4.78 is 29.5.